The topological polar surface area (TPSA) is 35.2 Å². The molecule has 0 saturated heterocycles. The van der Waals surface area contributed by atoms with Crippen LogP contribution in [0.1, 0.15) is 17.9 Å². The second-order valence-corrected chi connectivity index (χ2v) is 4.82. The number of benzene rings is 1. The predicted octanol–water partition coefficient (Wildman–Crippen LogP) is 2.31. The number of hydrogen-bond acceptors (Lipinski definition) is 2. The van der Waals surface area contributed by atoms with E-state index in [1.165, 1.54) is 12.0 Å². The van der Waals surface area contributed by atoms with E-state index in [1.54, 1.807) is 7.11 Å². The molecule has 1 fully saturated rings. The van der Waals surface area contributed by atoms with E-state index >= 15 is 0 Å². The van der Waals surface area contributed by atoms with Crippen molar-refractivity contribution in [3.63, 3.8) is 0 Å². The Bertz CT molecular complexity index is 409. The van der Waals surface area contributed by atoms with E-state index in [-0.39, 0.29) is 0 Å². The van der Waals surface area contributed by atoms with Crippen molar-refractivity contribution in [1.29, 1.82) is 0 Å². The second-order valence-electron chi connectivity index (χ2n) is 4.82. The number of rotatable bonds is 2. The van der Waals surface area contributed by atoms with Crippen LogP contribution in [0.25, 0.3) is 0 Å². The lowest BCUT2D eigenvalue weighted by Crippen LogP contribution is -2.32. The first-order valence-electron chi connectivity index (χ1n) is 5.87. The van der Waals surface area contributed by atoms with E-state index in [0.29, 0.717) is 23.8 Å². The van der Waals surface area contributed by atoms with Crippen LogP contribution in [0.5, 0.6) is 5.75 Å². The van der Waals surface area contributed by atoms with E-state index in [1.807, 2.05) is 12.1 Å². The molecule has 2 aliphatic carbocycles. The number of hydrogen-bond donors (Lipinski definition) is 1. The fourth-order valence-electron chi connectivity index (χ4n) is 3.16. The van der Waals surface area contributed by atoms with Gasteiger partial charge in [-0.25, -0.2) is 0 Å². The van der Waals surface area contributed by atoms with Crippen LogP contribution in [-0.2, 0) is 0 Å². The maximum Gasteiger partial charge on any atom is 0.118 e. The third kappa shape index (κ3) is 1.37. The van der Waals surface area contributed by atoms with E-state index in [0.717, 1.165) is 5.75 Å². The molecule has 0 amide bonds. The summed E-state index contributed by atoms with van der Waals surface area (Å²) in [7, 11) is 1.70. The Morgan fingerprint density at radius 3 is 2.38 bits per heavy atom. The van der Waals surface area contributed by atoms with Gasteiger partial charge < -0.3 is 10.5 Å². The lowest BCUT2D eigenvalue weighted by molar-refractivity contribution is 0.414. The fraction of sp³-hybridized carbons (Fsp3) is 0.429. The van der Waals surface area contributed by atoms with Crippen LogP contribution in [0.3, 0.4) is 0 Å². The molecule has 0 radical (unpaired) electrons. The molecule has 16 heavy (non-hydrogen) atoms. The standard InChI is InChI=1S/C14H17NO/c1-16-12-6-4-9(5-7-12)13-10-2-3-11(8-10)14(13)15/h2-7,10-11,13-14H,8,15H2,1H3. The van der Waals surface area contributed by atoms with Gasteiger partial charge in [-0.15, -0.1) is 0 Å². The van der Waals surface area contributed by atoms with Crippen molar-refractivity contribution in [2.45, 2.75) is 18.4 Å². The molecule has 0 aromatic heterocycles. The van der Waals surface area contributed by atoms with E-state index < -0.39 is 0 Å². The Labute approximate surface area is 96.1 Å². The molecule has 2 bridgehead atoms. The van der Waals surface area contributed by atoms with Gasteiger partial charge in [-0.1, -0.05) is 24.3 Å². The van der Waals surface area contributed by atoms with Crippen LogP contribution in [0, 0.1) is 11.8 Å². The van der Waals surface area contributed by atoms with Gasteiger partial charge in [0.05, 0.1) is 7.11 Å². The fourth-order valence-corrected chi connectivity index (χ4v) is 3.16. The zero-order valence-electron chi connectivity index (χ0n) is 9.47. The smallest absolute Gasteiger partial charge is 0.118 e. The minimum atomic E-state index is 0.295. The molecule has 0 spiro atoms. The first-order valence-corrected chi connectivity index (χ1v) is 5.87. The van der Waals surface area contributed by atoms with Crippen molar-refractivity contribution in [2.75, 3.05) is 7.11 Å². The Kier molecular flexibility index (Phi) is 2.25. The van der Waals surface area contributed by atoms with Crippen molar-refractivity contribution in [3.05, 3.63) is 42.0 Å². The Morgan fingerprint density at radius 2 is 1.81 bits per heavy atom. The van der Waals surface area contributed by atoms with Gasteiger partial charge in [0.2, 0.25) is 0 Å². The summed E-state index contributed by atoms with van der Waals surface area (Å²) in [6.45, 7) is 0. The molecule has 1 aromatic rings. The van der Waals surface area contributed by atoms with Gasteiger partial charge in [-0.05, 0) is 36.0 Å². The van der Waals surface area contributed by atoms with E-state index in [2.05, 4.69) is 24.3 Å². The third-order valence-corrected chi connectivity index (χ3v) is 4.02. The highest BCUT2D eigenvalue weighted by molar-refractivity contribution is 5.35. The summed E-state index contributed by atoms with van der Waals surface area (Å²) >= 11 is 0. The molecule has 84 valence electrons. The molecule has 4 unspecified atom stereocenters. The SMILES string of the molecule is COc1ccc(C2C3C=CC(C3)C2N)cc1. The summed E-state index contributed by atoms with van der Waals surface area (Å²) in [6, 6.07) is 8.65. The summed E-state index contributed by atoms with van der Waals surface area (Å²) < 4.78 is 5.18. The second kappa shape index (κ2) is 3.63. The number of fused-ring (bicyclic) bond motifs is 2. The Morgan fingerprint density at radius 1 is 1.12 bits per heavy atom. The molecule has 1 saturated carbocycles. The van der Waals surface area contributed by atoms with Gasteiger partial charge in [0.25, 0.3) is 0 Å². The Hall–Kier alpha value is -1.28. The lowest BCUT2D eigenvalue weighted by atomic mass is 9.84. The summed E-state index contributed by atoms with van der Waals surface area (Å²) in [4.78, 5) is 0. The average Bonchev–Trinajstić information content (AvgIpc) is 2.90. The molecular weight excluding hydrogens is 198 g/mol. The molecular formula is C14H17NO. The number of allylic oxidation sites excluding steroid dienone is 1. The molecule has 0 aliphatic heterocycles. The monoisotopic (exact) mass is 215 g/mol. The maximum atomic E-state index is 6.28. The summed E-state index contributed by atoms with van der Waals surface area (Å²) in [5.74, 6) is 2.66. The molecule has 3 rings (SSSR count). The minimum Gasteiger partial charge on any atom is -0.497 e. The number of ether oxygens (including phenoxy) is 1. The zero-order chi connectivity index (χ0) is 11.1. The largest absolute Gasteiger partial charge is 0.497 e. The maximum absolute atomic E-state index is 6.28. The van der Waals surface area contributed by atoms with E-state index in [9.17, 15) is 0 Å². The van der Waals surface area contributed by atoms with E-state index in [4.69, 9.17) is 10.5 Å². The predicted molar refractivity (Wildman–Crippen MR) is 64.4 cm³/mol. The van der Waals surface area contributed by atoms with Crippen LogP contribution in [-0.4, -0.2) is 13.2 Å². The molecule has 2 aliphatic rings. The van der Waals surface area contributed by atoms with Crippen molar-refractivity contribution >= 4 is 0 Å². The zero-order valence-corrected chi connectivity index (χ0v) is 9.47. The quantitative estimate of drug-likeness (QED) is 0.768. The average molecular weight is 215 g/mol. The van der Waals surface area contributed by atoms with Crippen molar-refractivity contribution in [1.82, 2.24) is 0 Å². The summed E-state index contributed by atoms with van der Waals surface area (Å²) in [6.07, 6.45) is 5.86. The molecule has 4 atom stereocenters. The molecule has 1 aromatic carbocycles. The Balaban J connectivity index is 1.89. The van der Waals surface area contributed by atoms with Crippen LogP contribution in [0.2, 0.25) is 0 Å². The van der Waals surface area contributed by atoms with Gasteiger partial charge in [0.15, 0.2) is 0 Å². The van der Waals surface area contributed by atoms with Gasteiger partial charge in [-0.3, -0.25) is 0 Å². The van der Waals surface area contributed by atoms with Gasteiger partial charge in [-0.2, -0.15) is 0 Å². The van der Waals surface area contributed by atoms with Crippen LogP contribution < -0.4 is 10.5 Å². The van der Waals surface area contributed by atoms with Crippen molar-refractivity contribution in [3.8, 4) is 5.75 Å². The lowest BCUT2D eigenvalue weighted by Gasteiger charge is -2.25. The van der Waals surface area contributed by atoms with Crippen LogP contribution in [0.15, 0.2) is 36.4 Å². The highest BCUT2D eigenvalue weighted by atomic mass is 16.5. The van der Waals surface area contributed by atoms with Crippen LogP contribution >= 0.6 is 0 Å². The van der Waals surface area contributed by atoms with Gasteiger partial charge in [0, 0.05) is 12.0 Å². The minimum absolute atomic E-state index is 0.295. The van der Waals surface area contributed by atoms with Gasteiger partial charge >= 0.3 is 0 Å². The highest BCUT2D eigenvalue weighted by Gasteiger charge is 2.42. The normalized spacial score (nSPS) is 35.6. The van der Waals surface area contributed by atoms with Gasteiger partial charge in [0.1, 0.15) is 5.75 Å². The number of methoxy groups -OCH3 is 1. The highest BCUT2D eigenvalue weighted by Crippen LogP contribution is 2.48. The summed E-state index contributed by atoms with van der Waals surface area (Å²) in [5, 5.41) is 0. The molecule has 0 heterocycles. The van der Waals surface area contributed by atoms with Crippen molar-refractivity contribution < 1.29 is 4.74 Å². The first kappa shape index (κ1) is 9.91. The molecule has 2 N–H and O–H groups in total. The molecule has 2 heteroatoms. The first-order chi connectivity index (χ1) is 7.79. The van der Waals surface area contributed by atoms with Crippen LogP contribution in [0.4, 0.5) is 0 Å². The molecule has 2 nitrogen and oxygen atoms in total. The number of nitrogens with two attached hydrogens (primary N) is 1. The summed E-state index contributed by atoms with van der Waals surface area (Å²) in [5.41, 5.74) is 7.64. The third-order valence-electron chi connectivity index (χ3n) is 4.02. The van der Waals surface area contributed by atoms with Crippen molar-refractivity contribution in [2.24, 2.45) is 17.6 Å².